The van der Waals surface area contributed by atoms with Gasteiger partial charge in [0.2, 0.25) is 15.9 Å². The van der Waals surface area contributed by atoms with Gasteiger partial charge in [0, 0.05) is 27.2 Å². The van der Waals surface area contributed by atoms with Gasteiger partial charge in [-0.05, 0) is 11.6 Å². The summed E-state index contributed by atoms with van der Waals surface area (Å²) in [6.07, 6.45) is 0. The number of benzene rings is 1. The lowest BCUT2D eigenvalue weighted by molar-refractivity contribution is -0.121. The summed E-state index contributed by atoms with van der Waals surface area (Å²) in [6, 6.07) is 6.48. The van der Waals surface area contributed by atoms with Crippen molar-refractivity contribution in [1.82, 2.24) is 9.62 Å². The van der Waals surface area contributed by atoms with E-state index < -0.39 is 10.0 Å². The molecule has 0 unspecified atom stereocenters. The van der Waals surface area contributed by atoms with Crippen LogP contribution in [0, 0.1) is 0 Å². The number of likely N-dealkylation sites (N-methyl/N-ethyl adjacent to an activating group) is 1. The molecule has 8 heteroatoms. The molecule has 0 atom stereocenters. The van der Waals surface area contributed by atoms with Crippen molar-refractivity contribution in [1.29, 1.82) is 0 Å². The topological polar surface area (TPSA) is 102 Å². The van der Waals surface area contributed by atoms with Crippen molar-refractivity contribution in [2.24, 2.45) is 5.73 Å². The molecule has 0 aliphatic heterocycles. The molecular formula is C13H21N3O4S. The first kappa shape index (κ1) is 17.6. The van der Waals surface area contributed by atoms with E-state index in [1.54, 1.807) is 18.2 Å². The van der Waals surface area contributed by atoms with Crippen LogP contribution in [0.3, 0.4) is 0 Å². The third kappa shape index (κ3) is 4.78. The quantitative estimate of drug-likeness (QED) is 0.631. The lowest BCUT2D eigenvalue weighted by Crippen LogP contribution is -2.39. The summed E-state index contributed by atoms with van der Waals surface area (Å²) in [5.41, 5.74) is 6.07. The maximum Gasteiger partial charge on any atom is 0.243 e. The molecule has 0 aromatic heterocycles. The van der Waals surface area contributed by atoms with E-state index in [2.05, 4.69) is 5.32 Å². The Balaban J connectivity index is 2.80. The van der Waals surface area contributed by atoms with Crippen LogP contribution in [-0.4, -0.2) is 52.5 Å². The minimum atomic E-state index is -3.75. The molecule has 1 aromatic carbocycles. The SMILES string of the molecule is COCCNC(=O)CN(C)S(=O)(=O)c1ccccc1CN. The van der Waals surface area contributed by atoms with Crippen molar-refractivity contribution in [3.8, 4) is 0 Å². The summed E-state index contributed by atoms with van der Waals surface area (Å²) in [5, 5.41) is 2.57. The Kier molecular flexibility index (Phi) is 6.76. The van der Waals surface area contributed by atoms with Gasteiger partial charge in [-0.25, -0.2) is 8.42 Å². The van der Waals surface area contributed by atoms with Gasteiger partial charge in [0.25, 0.3) is 0 Å². The van der Waals surface area contributed by atoms with E-state index in [0.29, 0.717) is 18.7 Å². The monoisotopic (exact) mass is 315 g/mol. The Morgan fingerprint density at radius 2 is 2.05 bits per heavy atom. The molecule has 21 heavy (non-hydrogen) atoms. The molecule has 7 nitrogen and oxygen atoms in total. The van der Waals surface area contributed by atoms with Crippen molar-refractivity contribution in [2.45, 2.75) is 11.4 Å². The average molecular weight is 315 g/mol. The number of hydrogen-bond acceptors (Lipinski definition) is 5. The normalized spacial score (nSPS) is 11.6. The van der Waals surface area contributed by atoms with Crippen LogP contribution in [0.2, 0.25) is 0 Å². The minimum Gasteiger partial charge on any atom is -0.383 e. The molecule has 1 rings (SSSR count). The first-order valence-electron chi connectivity index (χ1n) is 6.43. The first-order valence-corrected chi connectivity index (χ1v) is 7.87. The van der Waals surface area contributed by atoms with Crippen LogP contribution >= 0.6 is 0 Å². The fourth-order valence-corrected chi connectivity index (χ4v) is 3.08. The molecule has 1 aromatic rings. The second-order valence-electron chi connectivity index (χ2n) is 4.42. The van der Waals surface area contributed by atoms with Gasteiger partial charge in [0.1, 0.15) is 0 Å². The largest absolute Gasteiger partial charge is 0.383 e. The fourth-order valence-electron chi connectivity index (χ4n) is 1.73. The van der Waals surface area contributed by atoms with E-state index in [-0.39, 0.29) is 23.9 Å². The molecule has 0 saturated carbocycles. The Labute approximate surface area is 125 Å². The molecular weight excluding hydrogens is 294 g/mol. The number of hydrogen-bond donors (Lipinski definition) is 2. The smallest absolute Gasteiger partial charge is 0.243 e. The number of rotatable bonds is 8. The maximum absolute atomic E-state index is 12.4. The zero-order valence-corrected chi connectivity index (χ0v) is 13.0. The average Bonchev–Trinajstić information content (AvgIpc) is 2.47. The molecule has 0 saturated heterocycles. The van der Waals surface area contributed by atoms with E-state index >= 15 is 0 Å². The number of amides is 1. The summed E-state index contributed by atoms with van der Waals surface area (Å²) in [7, 11) is -0.866. The summed E-state index contributed by atoms with van der Waals surface area (Å²) in [5.74, 6) is -0.386. The van der Waals surface area contributed by atoms with Gasteiger partial charge in [-0.15, -0.1) is 0 Å². The van der Waals surface area contributed by atoms with E-state index in [4.69, 9.17) is 10.5 Å². The Hall–Kier alpha value is -1.48. The third-order valence-corrected chi connectivity index (χ3v) is 4.78. The summed E-state index contributed by atoms with van der Waals surface area (Å²) in [4.78, 5) is 11.8. The van der Waals surface area contributed by atoms with E-state index in [1.807, 2.05) is 0 Å². The van der Waals surface area contributed by atoms with Crippen molar-refractivity contribution < 1.29 is 17.9 Å². The van der Waals surface area contributed by atoms with Crippen molar-refractivity contribution in [3.63, 3.8) is 0 Å². The van der Waals surface area contributed by atoms with Crippen LogP contribution in [0.15, 0.2) is 29.2 Å². The number of carbonyl (C=O) groups excluding carboxylic acids is 1. The molecule has 0 aliphatic rings. The highest BCUT2D eigenvalue weighted by Crippen LogP contribution is 2.18. The third-order valence-electron chi connectivity index (χ3n) is 2.88. The second-order valence-corrected chi connectivity index (χ2v) is 6.43. The predicted molar refractivity (Wildman–Crippen MR) is 79.0 cm³/mol. The first-order chi connectivity index (χ1) is 9.93. The van der Waals surface area contributed by atoms with Gasteiger partial charge in [-0.3, -0.25) is 4.79 Å². The molecule has 0 heterocycles. The zero-order valence-electron chi connectivity index (χ0n) is 12.2. The Bertz CT molecular complexity index is 575. The lowest BCUT2D eigenvalue weighted by Gasteiger charge is -2.18. The summed E-state index contributed by atoms with van der Waals surface area (Å²) >= 11 is 0. The molecule has 0 aliphatic carbocycles. The highest BCUT2D eigenvalue weighted by molar-refractivity contribution is 7.89. The zero-order chi connectivity index (χ0) is 15.9. The second kappa shape index (κ2) is 8.08. The molecule has 3 N–H and O–H groups in total. The number of nitrogens with zero attached hydrogens (tertiary/aromatic N) is 1. The minimum absolute atomic E-state index is 0.114. The van der Waals surface area contributed by atoms with E-state index in [9.17, 15) is 13.2 Å². The molecule has 0 radical (unpaired) electrons. The van der Waals surface area contributed by atoms with E-state index in [1.165, 1.54) is 20.2 Å². The standard InChI is InChI=1S/C13H21N3O4S/c1-16(10-13(17)15-7-8-20-2)21(18,19)12-6-4-3-5-11(12)9-14/h3-6H,7-10,14H2,1-2H3,(H,15,17). The number of nitrogens with two attached hydrogens (primary N) is 1. The molecule has 0 spiro atoms. The number of nitrogens with one attached hydrogen (secondary N) is 1. The summed E-state index contributed by atoms with van der Waals surface area (Å²) in [6.45, 7) is 0.565. The number of methoxy groups -OCH3 is 1. The highest BCUT2D eigenvalue weighted by Gasteiger charge is 2.24. The highest BCUT2D eigenvalue weighted by atomic mass is 32.2. The molecule has 0 bridgehead atoms. The van der Waals surface area contributed by atoms with Crippen LogP contribution in [0.5, 0.6) is 0 Å². The lowest BCUT2D eigenvalue weighted by atomic mass is 10.2. The van der Waals surface area contributed by atoms with Gasteiger partial charge in [-0.1, -0.05) is 18.2 Å². The molecule has 0 fully saturated rings. The van der Waals surface area contributed by atoms with Crippen LogP contribution in [0.1, 0.15) is 5.56 Å². The van der Waals surface area contributed by atoms with Gasteiger partial charge in [0.15, 0.2) is 0 Å². The van der Waals surface area contributed by atoms with Crippen molar-refractivity contribution >= 4 is 15.9 Å². The van der Waals surface area contributed by atoms with Crippen LogP contribution in [0.25, 0.3) is 0 Å². The fraction of sp³-hybridized carbons (Fsp3) is 0.462. The number of carbonyl (C=O) groups is 1. The van der Waals surface area contributed by atoms with Gasteiger partial charge in [0.05, 0.1) is 18.0 Å². The van der Waals surface area contributed by atoms with Gasteiger partial charge < -0.3 is 15.8 Å². The molecule has 118 valence electrons. The number of ether oxygens (including phenoxy) is 1. The Morgan fingerprint density at radius 1 is 1.38 bits per heavy atom. The number of sulfonamides is 1. The predicted octanol–water partition coefficient (Wildman–Crippen LogP) is -0.472. The van der Waals surface area contributed by atoms with Crippen molar-refractivity contribution in [2.75, 3.05) is 33.9 Å². The summed E-state index contributed by atoms with van der Waals surface area (Å²) < 4.78 is 30.7. The van der Waals surface area contributed by atoms with Crippen LogP contribution in [-0.2, 0) is 26.1 Å². The van der Waals surface area contributed by atoms with Crippen LogP contribution in [0.4, 0.5) is 0 Å². The van der Waals surface area contributed by atoms with Gasteiger partial charge in [-0.2, -0.15) is 4.31 Å². The Morgan fingerprint density at radius 3 is 2.67 bits per heavy atom. The molecule has 1 amide bonds. The van der Waals surface area contributed by atoms with Gasteiger partial charge >= 0.3 is 0 Å². The maximum atomic E-state index is 12.4. The van der Waals surface area contributed by atoms with E-state index in [0.717, 1.165) is 4.31 Å². The van der Waals surface area contributed by atoms with Crippen molar-refractivity contribution in [3.05, 3.63) is 29.8 Å². The van der Waals surface area contributed by atoms with Crippen LogP contribution < -0.4 is 11.1 Å².